The summed E-state index contributed by atoms with van der Waals surface area (Å²) < 4.78 is 1.12. The molecule has 0 fully saturated rings. The minimum Gasteiger partial charge on any atom is -0.283 e. The highest BCUT2D eigenvalue weighted by Crippen LogP contribution is 2.10. The smallest absolute Gasteiger partial charge is 0.0698 e. The van der Waals surface area contributed by atoms with Crippen molar-refractivity contribution in [3.63, 3.8) is 0 Å². The molecule has 0 N–H and O–H groups in total. The Morgan fingerprint density at radius 2 is 2.20 bits per heavy atom. The van der Waals surface area contributed by atoms with Gasteiger partial charge in [0.1, 0.15) is 0 Å². The van der Waals surface area contributed by atoms with E-state index in [1.165, 1.54) is 4.91 Å². The first kappa shape index (κ1) is 10.5. The highest BCUT2D eigenvalue weighted by molar-refractivity contribution is 14.1. The number of rotatable bonds is 4. The Bertz CT molecular complexity index is 139. The molecule has 0 aromatic carbocycles. The molecule has 0 saturated heterocycles. The first-order valence-electron chi connectivity index (χ1n) is 3.08. The number of allylic oxidation sites excluding steroid dienone is 1. The molecule has 3 heteroatoms. The van der Waals surface area contributed by atoms with Crippen molar-refractivity contribution in [2.45, 2.75) is 13.8 Å². The molecular formula is C7H12INS. The van der Waals surface area contributed by atoms with Crippen LogP contribution in [0.25, 0.3) is 0 Å². The number of thioether (sulfide) groups is 1. The number of halogens is 1. The average molecular weight is 269 g/mol. The first-order valence-corrected chi connectivity index (χ1v) is 5.14. The quantitative estimate of drug-likeness (QED) is 0.434. The van der Waals surface area contributed by atoms with Gasteiger partial charge in [0.05, 0.1) is 3.72 Å². The van der Waals surface area contributed by atoms with Gasteiger partial charge < -0.3 is 0 Å². The Balaban J connectivity index is 3.21. The predicted molar refractivity (Wildman–Crippen MR) is 59.3 cm³/mol. The molecule has 0 aromatic rings. The maximum absolute atomic E-state index is 4.24. The first-order chi connectivity index (χ1) is 4.63. The monoisotopic (exact) mass is 269 g/mol. The van der Waals surface area contributed by atoms with Crippen molar-refractivity contribution in [3.8, 4) is 0 Å². The van der Waals surface area contributed by atoms with Gasteiger partial charge in [-0.3, -0.25) is 4.99 Å². The van der Waals surface area contributed by atoms with Gasteiger partial charge in [-0.15, -0.1) is 11.8 Å². The predicted octanol–water partition coefficient (Wildman–Crippen LogP) is 3.11. The zero-order chi connectivity index (χ0) is 7.98. The zero-order valence-electron chi connectivity index (χ0n) is 6.35. The Morgan fingerprint density at radius 1 is 1.60 bits per heavy atom. The molecular weight excluding hydrogens is 257 g/mol. The Morgan fingerprint density at radius 3 is 2.60 bits per heavy atom. The van der Waals surface area contributed by atoms with Crippen LogP contribution in [0, 0.1) is 0 Å². The number of hydrogen-bond donors (Lipinski definition) is 0. The van der Waals surface area contributed by atoms with Gasteiger partial charge in [0.25, 0.3) is 0 Å². The summed E-state index contributed by atoms with van der Waals surface area (Å²) in [6.07, 6.45) is 0. The molecule has 0 aliphatic rings. The molecule has 0 amide bonds. The van der Waals surface area contributed by atoms with Crippen molar-refractivity contribution in [2.75, 3.05) is 12.3 Å². The van der Waals surface area contributed by atoms with Gasteiger partial charge in [0.15, 0.2) is 0 Å². The van der Waals surface area contributed by atoms with E-state index in [0.29, 0.717) is 0 Å². The van der Waals surface area contributed by atoms with Gasteiger partial charge in [-0.1, -0.05) is 6.58 Å². The molecule has 0 atom stereocenters. The maximum atomic E-state index is 4.24. The zero-order valence-corrected chi connectivity index (χ0v) is 9.33. The van der Waals surface area contributed by atoms with E-state index in [1.54, 1.807) is 11.8 Å². The van der Waals surface area contributed by atoms with Crippen LogP contribution in [0.1, 0.15) is 13.8 Å². The second kappa shape index (κ2) is 6.22. The minimum atomic E-state index is 0.909. The minimum absolute atomic E-state index is 0.909. The van der Waals surface area contributed by atoms with E-state index in [-0.39, 0.29) is 0 Å². The van der Waals surface area contributed by atoms with Gasteiger partial charge in [-0.2, -0.15) is 0 Å². The van der Waals surface area contributed by atoms with Gasteiger partial charge in [-0.25, -0.2) is 0 Å². The topological polar surface area (TPSA) is 12.4 Å². The summed E-state index contributed by atoms with van der Waals surface area (Å²) in [7, 11) is 0. The third-order valence-corrected chi connectivity index (χ3v) is 1.99. The summed E-state index contributed by atoms with van der Waals surface area (Å²) in [5.41, 5.74) is 0. The van der Waals surface area contributed by atoms with Crippen molar-refractivity contribution in [3.05, 3.63) is 11.5 Å². The van der Waals surface area contributed by atoms with Crippen LogP contribution in [0.15, 0.2) is 16.5 Å². The Kier molecular flexibility index (Phi) is 6.52. The van der Waals surface area contributed by atoms with Crippen LogP contribution < -0.4 is 0 Å². The van der Waals surface area contributed by atoms with Crippen LogP contribution in [0.4, 0.5) is 0 Å². The van der Waals surface area contributed by atoms with Crippen molar-refractivity contribution in [1.29, 1.82) is 0 Å². The Labute approximate surface area is 80.5 Å². The summed E-state index contributed by atoms with van der Waals surface area (Å²) in [6.45, 7) is 8.72. The van der Waals surface area contributed by atoms with Crippen LogP contribution in [0.2, 0.25) is 0 Å². The third-order valence-electron chi connectivity index (χ3n) is 0.769. The standard InChI is InChI=1S/C7H12INS/c1-6(2)10-5-4-9-7(3)8/h1,4-5H2,2-3H3. The molecule has 0 radical (unpaired) electrons. The largest absolute Gasteiger partial charge is 0.283 e. The number of aliphatic imine (C=N–C) groups is 1. The Hall–Kier alpha value is 0.490. The van der Waals surface area contributed by atoms with Gasteiger partial charge >= 0.3 is 0 Å². The van der Waals surface area contributed by atoms with E-state index in [4.69, 9.17) is 0 Å². The highest BCUT2D eigenvalue weighted by Gasteiger charge is 1.86. The fourth-order valence-corrected chi connectivity index (χ4v) is 1.19. The maximum Gasteiger partial charge on any atom is 0.0698 e. The lowest BCUT2D eigenvalue weighted by atomic mass is 10.7. The number of hydrogen-bond acceptors (Lipinski definition) is 2. The van der Waals surface area contributed by atoms with Crippen molar-refractivity contribution in [2.24, 2.45) is 4.99 Å². The van der Waals surface area contributed by atoms with Crippen LogP contribution in [-0.4, -0.2) is 16.0 Å². The lowest BCUT2D eigenvalue weighted by Gasteiger charge is -1.94. The molecule has 1 nitrogen and oxygen atoms in total. The summed E-state index contributed by atoms with van der Waals surface area (Å²) in [5, 5.41) is 0. The second-order valence-electron chi connectivity index (χ2n) is 1.93. The van der Waals surface area contributed by atoms with E-state index in [1.807, 2.05) is 13.8 Å². The molecule has 0 rings (SSSR count). The molecule has 0 saturated carbocycles. The lowest BCUT2D eigenvalue weighted by molar-refractivity contribution is 1.15. The average Bonchev–Trinajstić information content (AvgIpc) is 1.79. The molecule has 0 spiro atoms. The van der Waals surface area contributed by atoms with Crippen molar-refractivity contribution in [1.82, 2.24) is 0 Å². The van der Waals surface area contributed by atoms with Crippen molar-refractivity contribution < 1.29 is 0 Å². The molecule has 0 unspecified atom stereocenters. The van der Waals surface area contributed by atoms with E-state index < -0.39 is 0 Å². The van der Waals surface area contributed by atoms with E-state index >= 15 is 0 Å². The summed E-state index contributed by atoms with van der Waals surface area (Å²) in [5.74, 6) is 1.05. The van der Waals surface area contributed by atoms with Gasteiger partial charge in [0.2, 0.25) is 0 Å². The molecule has 0 bridgehead atoms. The molecule has 0 heterocycles. The van der Waals surface area contributed by atoms with Gasteiger partial charge in [0, 0.05) is 12.3 Å². The molecule has 0 aromatic heterocycles. The second-order valence-corrected chi connectivity index (χ2v) is 4.88. The van der Waals surface area contributed by atoms with E-state index in [9.17, 15) is 0 Å². The summed E-state index contributed by atoms with van der Waals surface area (Å²) >= 11 is 3.99. The van der Waals surface area contributed by atoms with E-state index in [2.05, 4.69) is 34.2 Å². The lowest BCUT2D eigenvalue weighted by Crippen LogP contribution is -1.86. The van der Waals surface area contributed by atoms with Crippen LogP contribution >= 0.6 is 34.4 Å². The molecule has 0 aliphatic heterocycles. The highest BCUT2D eigenvalue weighted by atomic mass is 127. The van der Waals surface area contributed by atoms with Crippen molar-refractivity contribution >= 4 is 38.1 Å². The molecule has 10 heavy (non-hydrogen) atoms. The normalized spacial score (nSPS) is 11.7. The van der Waals surface area contributed by atoms with Crippen LogP contribution in [0.3, 0.4) is 0 Å². The summed E-state index contributed by atoms with van der Waals surface area (Å²) in [6, 6.07) is 0. The molecule has 58 valence electrons. The fraction of sp³-hybridized carbons (Fsp3) is 0.571. The fourth-order valence-electron chi connectivity index (χ4n) is 0.420. The van der Waals surface area contributed by atoms with Crippen LogP contribution in [0.5, 0.6) is 0 Å². The molecule has 0 aliphatic carbocycles. The summed E-state index contributed by atoms with van der Waals surface area (Å²) in [4.78, 5) is 5.41. The number of nitrogens with zero attached hydrogens (tertiary/aromatic N) is 1. The van der Waals surface area contributed by atoms with Crippen LogP contribution in [-0.2, 0) is 0 Å². The van der Waals surface area contributed by atoms with Gasteiger partial charge in [-0.05, 0) is 41.3 Å². The SMILES string of the molecule is C=C(C)SCCN=C(C)I. The van der Waals surface area contributed by atoms with E-state index in [0.717, 1.165) is 16.0 Å². The third kappa shape index (κ3) is 8.49.